The lowest BCUT2D eigenvalue weighted by atomic mass is 10.1. The summed E-state index contributed by atoms with van der Waals surface area (Å²) in [5.74, 6) is 1.20. The lowest BCUT2D eigenvalue weighted by Gasteiger charge is -2.09. The molecule has 3 rings (SSSR count). The standard InChI is InChI=1S/C23H27N5O3S/c1-3-28-20(15-21(29)25-18-10-7-11-19(14-18)31-2)26-27-23(28)32-16-22(30)24-13-12-17-8-5-4-6-9-17/h4-11,14H,3,12-13,15-16H2,1-2H3,(H,24,30)(H,25,29). The Morgan fingerprint density at radius 2 is 1.88 bits per heavy atom. The van der Waals surface area contributed by atoms with Gasteiger partial charge in [0, 0.05) is 24.8 Å². The van der Waals surface area contributed by atoms with Gasteiger partial charge in [0.1, 0.15) is 11.6 Å². The molecule has 0 aliphatic heterocycles. The van der Waals surface area contributed by atoms with Gasteiger partial charge < -0.3 is 19.9 Å². The molecule has 1 aromatic heterocycles. The Hall–Kier alpha value is -3.33. The molecule has 0 saturated heterocycles. The Kier molecular flexibility index (Phi) is 8.68. The average molecular weight is 454 g/mol. The number of benzene rings is 2. The number of amides is 2. The first kappa shape index (κ1) is 23.3. The number of rotatable bonds is 11. The molecular weight excluding hydrogens is 426 g/mol. The van der Waals surface area contributed by atoms with Gasteiger partial charge in [-0.2, -0.15) is 0 Å². The van der Waals surface area contributed by atoms with E-state index in [4.69, 9.17) is 4.74 Å². The minimum Gasteiger partial charge on any atom is -0.497 e. The summed E-state index contributed by atoms with van der Waals surface area (Å²) in [4.78, 5) is 24.6. The Bertz CT molecular complexity index is 1040. The Labute approximate surface area is 191 Å². The SMILES string of the molecule is CCn1c(CC(=O)Nc2cccc(OC)c2)nnc1SCC(=O)NCCc1ccccc1. The van der Waals surface area contributed by atoms with Crippen LogP contribution in [0, 0.1) is 0 Å². The Morgan fingerprint density at radius 1 is 1.06 bits per heavy atom. The number of anilines is 1. The zero-order valence-corrected chi connectivity index (χ0v) is 19.0. The largest absolute Gasteiger partial charge is 0.497 e. The van der Waals surface area contributed by atoms with E-state index in [0.29, 0.717) is 35.5 Å². The predicted octanol–water partition coefficient (Wildman–Crippen LogP) is 2.94. The third kappa shape index (κ3) is 6.84. The molecule has 0 fully saturated rings. The van der Waals surface area contributed by atoms with Crippen molar-refractivity contribution in [2.24, 2.45) is 0 Å². The third-order valence-corrected chi connectivity index (χ3v) is 5.66. The fraction of sp³-hybridized carbons (Fsp3) is 0.304. The highest BCUT2D eigenvalue weighted by Gasteiger charge is 2.16. The smallest absolute Gasteiger partial charge is 0.232 e. The highest BCUT2D eigenvalue weighted by molar-refractivity contribution is 7.99. The average Bonchev–Trinajstić information content (AvgIpc) is 3.19. The van der Waals surface area contributed by atoms with E-state index in [1.807, 2.05) is 54.0 Å². The van der Waals surface area contributed by atoms with Crippen LogP contribution in [0.5, 0.6) is 5.75 Å². The summed E-state index contributed by atoms with van der Waals surface area (Å²) in [6.07, 6.45) is 0.872. The molecule has 0 aliphatic rings. The van der Waals surface area contributed by atoms with Crippen LogP contribution >= 0.6 is 11.8 Å². The number of carbonyl (C=O) groups is 2. The molecular formula is C23H27N5O3S. The van der Waals surface area contributed by atoms with Crippen LogP contribution in [0.2, 0.25) is 0 Å². The Balaban J connectivity index is 1.49. The minimum atomic E-state index is -0.199. The van der Waals surface area contributed by atoms with E-state index in [1.165, 1.54) is 17.3 Å². The van der Waals surface area contributed by atoms with Crippen LogP contribution in [0.1, 0.15) is 18.3 Å². The number of aromatic nitrogens is 3. The molecule has 8 nitrogen and oxygen atoms in total. The molecule has 0 bridgehead atoms. The van der Waals surface area contributed by atoms with E-state index in [0.717, 1.165) is 6.42 Å². The molecule has 0 unspecified atom stereocenters. The highest BCUT2D eigenvalue weighted by Crippen LogP contribution is 2.19. The summed E-state index contributed by atoms with van der Waals surface area (Å²) in [7, 11) is 1.58. The summed E-state index contributed by atoms with van der Waals surface area (Å²) < 4.78 is 7.03. The first-order valence-corrected chi connectivity index (χ1v) is 11.4. The van der Waals surface area contributed by atoms with E-state index >= 15 is 0 Å². The van der Waals surface area contributed by atoms with Crippen LogP contribution in [0.15, 0.2) is 59.8 Å². The Morgan fingerprint density at radius 3 is 2.62 bits per heavy atom. The van der Waals surface area contributed by atoms with Crippen LogP contribution in [-0.2, 0) is 29.0 Å². The van der Waals surface area contributed by atoms with Gasteiger partial charge in [-0.15, -0.1) is 10.2 Å². The third-order valence-electron chi connectivity index (χ3n) is 4.69. The lowest BCUT2D eigenvalue weighted by Crippen LogP contribution is -2.27. The van der Waals surface area contributed by atoms with Gasteiger partial charge in [-0.1, -0.05) is 48.2 Å². The molecule has 3 aromatic rings. The van der Waals surface area contributed by atoms with E-state index in [-0.39, 0.29) is 24.0 Å². The molecule has 2 N–H and O–H groups in total. The number of hydrogen-bond donors (Lipinski definition) is 2. The van der Waals surface area contributed by atoms with Gasteiger partial charge in [-0.05, 0) is 31.0 Å². The van der Waals surface area contributed by atoms with Gasteiger partial charge in [-0.25, -0.2) is 0 Å². The van der Waals surface area contributed by atoms with Crippen molar-refractivity contribution < 1.29 is 14.3 Å². The monoisotopic (exact) mass is 453 g/mol. The van der Waals surface area contributed by atoms with Gasteiger partial charge in [0.2, 0.25) is 11.8 Å². The maximum atomic E-state index is 12.5. The second kappa shape index (κ2) is 11.9. The molecule has 2 amide bonds. The van der Waals surface area contributed by atoms with Crippen molar-refractivity contribution >= 4 is 29.3 Å². The fourth-order valence-corrected chi connectivity index (χ4v) is 3.95. The van der Waals surface area contributed by atoms with Gasteiger partial charge in [0.15, 0.2) is 5.16 Å². The zero-order valence-electron chi connectivity index (χ0n) is 18.2. The van der Waals surface area contributed by atoms with Crippen molar-refractivity contribution in [1.29, 1.82) is 0 Å². The van der Waals surface area contributed by atoms with E-state index in [9.17, 15) is 9.59 Å². The number of thioether (sulfide) groups is 1. The van der Waals surface area contributed by atoms with Crippen LogP contribution in [0.25, 0.3) is 0 Å². The van der Waals surface area contributed by atoms with Gasteiger partial charge >= 0.3 is 0 Å². The summed E-state index contributed by atoms with van der Waals surface area (Å²) >= 11 is 1.31. The number of carbonyl (C=O) groups excluding carboxylic acids is 2. The number of hydrogen-bond acceptors (Lipinski definition) is 6. The summed E-state index contributed by atoms with van der Waals surface area (Å²) in [5, 5.41) is 14.7. The summed E-state index contributed by atoms with van der Waals surface area (Å²) in [6.45, 7) is 3.14. The summed E-state index contributed by atoms with van der Waals surface area (Å²) in [5.41, 5.74) is 1.83. The molecule has 0 spiro atoms. The van der Waals surface area contributed by atoms with Crippen molar-refractivity contribution in [1.82, 2.24) is 20.1 Å². The van der Waals surface area contributed by atoms with E-state index < -0.39 is 0 Å². The van der Waals surface area contributed by atoms with Crippen LogP contribution in [0.4, 0.5) is 5.69 Å². The molecule has 9 heteroatoms. The van der Waals surface area contributed by atoms with Crippen molar-refractivity contribution in [2.75, 3.05) is 24.7 Å². The second-order valence-electron chi connectivity index (χ2n) is 6.97. The molecule has 168 valence electrons. The topological polar surface area (TPSA) is 98.1 Å². The normalized spacial score (nSPS) is 10.6. The van der Waals surface area contributed by atoms with Gasteiger partial charge in [-0.3, -0.25) is 9.59 Å². The zero-order chi connectivity index (χ0) is 22.8. The van der Waals surface area contributed by atoms with Crippen molar-refractivity contribution in [2.45, 2.75) is 31.5 Å². The van der Waals surface area contributed by atoms with Gasteiger partial charge in [0.25, 0.3) is 0 Å². The van der Waals surface area contributed by atoms with Crippen LogP contribution < -0.4 is 15.4 Å². The molecule has 0 aliphatic carbocycles. The highest BCUT2D eigenvalue weighted by atomic mass is 32.2. The predicted molar refractivity (Wildman–Crippen MR) is 125 cm³/mol. The maximum Gasteiger partial charge on any atom is 0.232 e. The number of nitrogens with zero attached hydrogens (tertiary/aromatic N) is 3. The van der Waals surface area contributed by atoms with Crippen molar-refractivity contribution in [3.8, 4) is 5.75 Å². The molecule has 0 radical (unpaired) electrons. The number of methoxy groups -OCH3 is 1. The van der Waals surface area contributed by atoms with Crippen LogP contribution in [0.3, 0.4) is 0 Å². The van der Waals surface area contributed by atoms with Crippen molar-refractivity contribution in [3.63, 3.8) is 0 Å². The minimum absolute atomic E-state index is 0.0612. The first-order chi connectivity index (χ1) is 15.6. The molecule has 0 atom stereocenters. The fourth-order valence-electron chi connectivity index (χ4n) is 3.10. The maximum absolute atomic E-state index is 12.5. The molecule has 2 aromatic carbocycles. The summed E-state index contributed by atoms with van der Waals surface area (Å²) in [6, 6.07) is 17.2. The van der Waals surface area contributed by atoms with Crippen LogP contribution in [-0.4, -0.2) is 46.0 Å². The first-order valence-electron chi connectivity index (χ1n) is 10.4. The lowest BCUT2D eigenvalue weighted by molar-refractivity contribution is -0.118. The molecule has 1 heterocycles. The molecule has 32 heavy (non-hydrogen) atoms. The number of nitrogens with one attached hydrogen (secondary N) is 2. The quantitative estimate of drug-likeness (QED) is 0.433. The van der Waals surface area contributed by atoms with Gasteiger partial charge in [0.05, 0.1) is 19.3 Å². The second-order valence-corrected chi connectivity index (χ2v) is 7.92. The van der Waals surface area contributed by atoms with E-state index in [1.54, 1.807) is 19.2 Å². The van der Waals surface area contributed by atoms with Crippen molar-refractivity contribution in [3.05, 3.63) is 66.0 Å². The number of ether oxygens (including phenoxy) is 1. The van der Waals surface area contributed by atoms with E-state index in [2.05, 4.69) is 20.8 Å². The molecule has 0 saturated carbocycles.